The normalized spacial score (nSPS) is 17.0. The summed E-state index contributed by atoms with van der Waals surface area (Å²) >= 11 is 0. The number of aliphatic hydroxyl groups is 1. The second-order valence-corrected chi connectivity index (χ2v) is 5.87. The Kier molecular flexibility index (Phi) is 4.78. The minimum atomic E-state index is -0.874. The van der Waals surface area contributed by atoms with Gasteiger partial charge in [-0.05, 0) is 41.9 Å². The number of fused-ring (bicyclic) bond motifs is 1. The van der Waals surface area contributed by atoms with Gasteiger partial charge in [-0.25, -0.2) is 0 Å². The van der Waals surface area contributed by atoms with E-state index in [1.165, 1.54) is 17.5 Å². The second kappa shape index (κ2) is 6.37. The molecule has 4 heteroatoms. The molecule has 0 heterocycles. The zero-order chi connectivity index (χ0) is 14.7. The van der Waals surface area contributed by atoms with Crippen LogP contribution in [-0.4, -0.2) is 28.8 Å². The summed E-state index contributed by atoms with van der Waals surface area (Å²) in [5.74, 6) is -0.888. The molecule has 0 fully saturated rings. The summed E-state index contributed by atoms with van der Waals surface area (Å²) in [5.41, 5.74) is 3.56. The molecule has 0 aliphatic heterocycles. The van der Waals surface area contributed by atoms with E-state index < -0.39 is 18.1 Å². The lowest BCUT2D eigenvalue weighted by molar-refractivity contribution is -0.140. The summed E-state index contributed by atoms with van der Waals surface area (Å²) in [6, 6.07) is 5.46. The molecule has 0 aromatic heterocycles. The average molecular weight is 277 g/mol. The van der Waals surface area contributed by atoms with Crippen molar-refractivity contribution in [2.24, 2.45) is 5.92 Å². The highest BCUT2D eigenvalue weighted by molar-refractivity contribution is 5.73. The third kappa shape index (κ3) is 3.38. The summed E-state index contributed by atoms with van der Waals surface area (Å²) in [6.07, 6.45) is 2.72. The van der Waals surface area contributed by atoms with Crippen LogP contribution in [-0.2, 0) is 17.6 Å². The number of carboxylic acids is 1. The number of aryl methyl sites for hydroxylation is 2. The van der Waals surface area contributed by atoms with Crippen LogP contribution in [0, 0.1) is 5.92 Å². The molecular weight excluding hydrogens is 254 g/mol. The number of aliphatic hydroxyl groups excluding tert-OH is 1. The Morgan fingerprint density at radius 1 is 1.30 bits per heavy atom. The number of carboxylic acid groups (broad SMARTS) is 1. The Hall–Kier alpha value is -1.39. The number of nitrogens with one attached hydrogen (secondary N) is 1. The van der Waals surface area contributed by atoms with Crippen molar-refractivity contribution in [3.05, 3.63) is 34.9 Å². The monoisotopic (exact) mass is 277 g/mol. The molecule has 110 valence electrons. The van der Waals surface area contributed by atoms with Crippen LogP contribution in [0.25, 0.3) is 0 Å². The van der Waals surface area contributed by atoms with Crippen LogP contribution in [0.2, 0.25) is 0 Å². The average Bonchev–Trinajstić information content (AvgIpc) is 2.84. The fraction of sp³-hybridized carbons (Fsp3) is 0.562. The fourth-order valence-electron chi connectivity index (χ4n) is 2.76. The van der Waals surface area contributed by atoms with Gasteiger partial charge < -0.3 is 15.5 Å². The van der Waals surface area contributed by atoms with Crippen molar-refractivity contribution < 1.29 is 15.0 Å². The lowest BCUT2D eigenvalue weighted by atomic mass is 10.0. The molecule has 2 rings (SSSR count). The topological polar surface area (TPSA) is 69.6 Å². The third-order valence-corrected chi connectivity index (χ3v) is 3.97. The summed E-state index contributed by atoms with van der Waals surface area (Å²) in [6.45, 7) is 3.97. The molecule has 0 radical (unpaired) electrons. The van der Waals surface area contributed by atoms with Gasteiger partial charge in [-0.1, -0.05) is 32.0 Å². The van der Waals surface area contributed by atoms with Crippen LogP contribution in [0.4, 0.5) is 0 Å². The first kappa shape index (κ1) is 15.0. The Morgan fingerprint density at radius 2 is 2.00 bits per heavy atom. The van der Waals surface area contributed by atoms with Gasteiger partial charge in [0.05, 0.1) is 6.10 Å². The largest absolute Gasteiger partial charge is 0.480 e. The summed E-state index contributed by atoms with van der Waals surface area (Å²) in [5, 5.41) is 22.3. The molecule has 0 saturated carbocycles. The molecule has 0 amide bonds. The van der Waals surface area contributed by atoms with Gasteiger partial charge in [0.25, 0.3) is 0 Å². The standard InChI is InChI=1S/C16H23NO3/c1-10(2)15(16(19)20)17-9-14(18)13-7-6-11-4-3-5-12(11)8-13/h6-8,10,14-15,17-18H,3-5,9H2,1-2H3,(H,19,20). The van der Waals surface area contributed by atoms with Crippen LogP contribution in [0.15, 0.2) is 18.2 Å². The van der Waals surface area contributed by atoms with E-state index in [1.54, 1.807) is 0 Å². The van der Waals surface area contributed by atoms with Crippen LogP contribution in [0.5, 0.6) is 0 Å². The van der Waals surface area contributed by atoms with Gasteiger partial charge in [-0.2, -0.15) is 0 Å². The van der Waals surface area contributed by atoms with Crippen molar-refractivity contribution in [1.82, 2.24) is 5.32 Å². The van der Waals surface area contributed by atoms with E-state index in [9.17, 15) is 9.90 Å². The molecule has 2 unspecified atom stereocenters. The first-order valence-electron chi connectivity index (χ1n) is 7.25. The quantitative estimate of drug-likeness (QED) is 0.743. The van der Waals surface area contributed by atoms with Crippen LogP contribution < -0.4 is 5.32 Å². The second-order valence-electron chi connectivity index (χ2n) is 5.87. The smallest absolute Gasteiger partial charge is 0.320 e. The van der Waals surface area contributed by atoms with E-state index in [2.05, 4.69) is 17.4 Å². The highest BCUT2D eigenvalue weighted by Gasteiger charge is 2.22. The van der Waals surface area contributed by atoms with Crippen LogP contribution in [0.1, 0.15) is 43.1 Å². The minimum Gasteiger partial charge on any atom is -0.480 e. The van der Waals surface area contributed by atoms with Crippen molar-refractivity contribution in [2.75, 3.05) is 6.54 Å². The van der Waals surface area contributed by atoms with Gasteiger partial charge in [0.2, 0.25) is 0 Å². The van der Waals surface area contributed by atoms with E-state index in [-0.39, 0.29) is 12.5 Å². The maximum absolute atomic E-state index is 11.1. The first-order valence-corrected chi connectivity index (χ1v) is 7.25. The van der Waals surface area contributed by atoms with Crippen molar-refractivity contribution in [3.63, 3.8) is 0 Å². The third-order valence-electron chi connectivity index (χ3n) is 3.97. The molecule has 0 bridgehead atoms. The van der Waals surface area contributed by atoms with Gasteiger partial charge >= 0.3 is 5.97 Å². The number of benzene rings is 1. The highest BCUT2D eigenvalue weighted by atomic mass is 16.4. The Labute approximate surface area is 119 Å². The van der Waals surface area contributed by atoms with E-state index in [0.29, 0.717) is 0 Å². The lowest BCUT2D eigenvalue weighted by Gasteiger charge is -2.20. The molecule has 0 spiro atoms. The Balaban J connectivity index is 1.98. The molecule has 1 aromatic rings. The maximum atomic E-state index is 11.1. The zero-order valence-electron chi connectivity index (χ0n) is 12.1. The van der Waals surface area contributed by atoms with Crippen molar-refractivity contribution in [2.45, 2.75) is 45.3 Å². The van der Waals surface area contributed by atoms with Crippen molar-refractivity contribution in [1.29, 1.82) is 0 Å². The van der Waals surface area contributed by atoms with E-state index in [1.807, 2.05) is 19.9 Å². The van der Waals surface area contributed by atoms with Crippen LogP contribution >= 0.6 is 0 Å². The Morgan fingerprint density at radius 3 is 2.65 bits per heavy atom. The molecule has 20 heavy (non-hydrogen) atoms. The van der Waals surface area contributed by atoms with E-state index in [0.717, 1.165) is 18.4 Å². The summed E-state index contributed by atoms with van der Waals surface area (Å²) in [7, 11) is 0. The number of hydrogen-bond acceptors (Lipinski definition) is 3. The SMILES string of the molecule is CC(C)C(NCC(O)c1ccc2c(c1)CCC2)C(=O)O. The molecule has 3 N–H and O–H groups in total. The number of hydrogen-bond donors (Lipinski definition) is 3. The number of carbonyl (C=O) groups is 1. The lowest BCUT2D eigenvalue weighted by Crippen LogP contribution is -2.42. The van der Waals surface area contributed by atoms with Gasteiger partial charge in [0, 0.05) is 6.54 Å². The van der Waals surface area contributed by atoms with Gasteiger partial charge in [0.1, 0.15) is 6.04 Å². The summed E-state index contributed by atoms with van der Waals surface area (Å²) < 4.78 is 0. The molecule has 1 aromatic carbocycles. The molecular formula is C16H23NO3. The molecule has 1 aliphatic carbocycles. The van der Waals surface area contributed by atoms with Crippen LogP contribution in [0.3, 0.4) is 0 Å². The maximum Gasteiger partial charge on any atom is 0.320 e. The molecule has 2 atom stereocenters. The minimum absolute atomic E-state index is 0.0141. The Bertz CT molecular complexity index is 485. The zero-order valence-corrected chi connectivity index (χ0v) is 12.1. The van der Waals surface area contributed by atoms with Crippen molar-refractivity contribution in [3.8, 4) is 0 Å². The van der Waals surface area contributed by atoms with Gasteiger partial charge in [-0.15, -0.1) is 0 Å². The van der Waals surface area contributed by atoms with Crippen molar-refractivity contribution >= 4 is 5.97 Å². The highest BCUT2D eigenvalue weighted by Crippen LogP contribution is 2.25. The predicted octanol–water partition coefficient (Wildman–Crippen LogP) is 1.91. The number of aliphatic carboxylic acids is 1. The van der Waals surface area contributed by atoms with Gasteiger partial charge in [-0.3, -0.25) is 4.79 Å². The molecule has 0 saturated heterocycles. The number of rotatable bonds is 6. The predicted molar refractivity (Wildman–Crippen MR) is 77.7 cm³/mol. The molecule has 1 aliphatic rings. The fourth-order valence-corrected chi connectivity index (χ4v) is 2.76. The van der Waals surface area contributed by atoms with E-state index >= 15 is 0 Å². The summed E-state index contributed by atoms with van der Waals surface area (Å²) in [4.78, 5) is 11.1. The molecule has 4 nitrogen and oxygen atoms in total. The van der Waals surface area contributed by atoms with Gasteiger partial charge in [0.15, 0.2) is 0 Å². The first-order chi connectivity index (χ1) is 9.49. The van der Waals surface area contributed by atoms with E-state index in [4.69, 9.17) is 5.11 Å².